The summed E-state index contributed by atoms with van der Waals surface area (Å²) in [6.45, 7) is 4.78. The van der Waals surface area contributed by atoms with Crippen molar-refractivity contribution in [1.29, 1.82) is 0 Å². The summed E-state index contributed by atoms with van der Waals surface area (Å²) in [5.74, 6) is 0.0754. The van der Waals surface area contributed by atoms with Crippen LogP contribution in [0.4, 0.5) is 5.69 Å². The number of hydrogen-bond acceptors (Lipinski definition) is 2. The fourth-order valence-electron chi connectivity index (χ4n) is 3.23. The average molecular weight is 323 g/mol. The van der Waals surface area contributed by atoms with Gasteiger partial charge in [-0.05, 0) is 63.3 Å². The number of carbonyl (C=O) groups is 1. The van der Waals surface area contributed by atoms with Gasteiger partial charge in [-0.15, -0.1) is 0 Å². The van der Waals surface area contributed by atoms with Gasteiger partial charge >= 0.3 is 0 Å². The molecule has 3 rings (SSSR count). The summed E-state index contributed by atoms with van der Waals surface area (Å²) in [6.07, 6.45) is 7.37. The normalized spacial score (nSPS) is 14.3. The van der Waals surface area contributed by atoms with Crippen LogP contribution in [0.15, 0.2) is 42.0 Å². The van der Waals surface area contributed by atoms with Gasteiger partial charge in [0, 0.05) is 17.8 Å². The van der Waals surface area contributed by atoms with Crippen molar-refractivity contribution >= 4 is 11.6 Å². The Balaban J connectivity index is 1.63. The molecule has 0 saturated carbocycles. The molecule has 1 N–H and O–H groups in total. The first-order chi connectivity index (χ1) is 11.6. The highest BCUT2D eigenvalue weighted by Crippen LogP contribution is 2.21. The minimum atomic E-state index is 0.0754. The first kappa shape index (κ1) is 16.5. The lowest BCUT2D eigenvalue weighted by Gasteiger charge is -2.13. The van der Waals surface area contributed by atoms with E-state index in [4.69, 9.17) is 0 Å². The van der Waals surface area contributed by atoms with Crippen molar-refractivity contribution in [2.45, 2.75) is 52.5 Å². The Kier molecular flexibility index (Phi) is 5.14. The molecule has 1 heterocycles. The van der Waals surface area contributed by atoms with E-state index in [1.165, 1.54) is 18.4 Å². The number of aromatic nitrogens is 2. The van der Waals surface area contributed by atoms with E-state index in [2.05, 4.69) is 35.5 Å². The summed E-state index contributed by atoms with van der Waals surface area (Å²) in [6, 6.07) is 10.1. The lowest BCUT2D eigenvalue weighted by molar-refractivity contribution is -0.115. The van der Waals surface area contributed by atoms with Gasteiger partial charge in [-0.3, -0.25) is 9.48 Å². The second-order valence-electron chi connectivity index (χ2n) is 6.62. The summed E-state index contributed by atoms with van der Waals surface area (Å²) in [5.41, 5.74) is 5.44. The molecule has 4 nitrogen and oxygen atoms in total. The van der Waals surface area contributed by atoms with Crippen LogP contribution in [0.1, 0.15) is 49.1 Å². The Labute approximate surface area is 143 Å². The largest absolute Gasteiger partial charge is 0.326 e. The smallest absolute Gasteiger partial charge is 0.228 e. The summed E-state index contributed by atoms with van der Waals surface area (Å²) in [7, 11) is 0. The van der Waals surface area contributed by atoms with Crippen molar-refractivity contribution in [2.24, 2.45) is 0 Å². The number of allylic oxidation sites excluding steroid dienone is 1. The van der Waals surface area contributed by atoms with Crippen molar-refractivity contribution in [3.63, 3.8) is 0 Å². The number of nitrogens with zero attached hydrogens (tertiary/aromatic N) is 2. The molecule has 0 aliphatic heterocycles. The van der Waals surface area contributed by atoms with Crippen LogP contribution >= 0.6 is 0 Å². The lowest BCUT2D eigenvalue weighted by Crippen LogP contribution is -2.13. The minimum Gasteiger partial charge on any atom is -0.326 e. The third-order valence-electron chi connectivity index (χ3n) is 4.42. The molecule has 1 amide bonds. The number of carbonyl (C=O) groups excluding carboxylic acids is 1. The SMILES string of the molecule is Cc1cc(C)n(Cc2cccc(NC(=O)CC3=CCCCC3)c2)n1. The molecule has 1 aliphatic carbocycles. The Morgan fingerprint density at radius 3 is 2.83 bits per heavy atom. The number of amides is 1. The van der Waals surface area contributed by atoms with Gasteiger partial charge in [-0.2, -0.15) is 5.10 Å². The highest BCUT2D eigenvalue weighted by atomic mass is 16.1. The van der Waals surface area contributed by atoms with E-state index in [-0.39, 0.29) is 5.91 Å². The summed E-state index contributed by atoms with van der Waals surface area (Å²) < 4.78 is 1.99. The molecule has 0 bridgehead atoms. The van der Waals surface area contributed by atoms with Gasteiger partial charge < -0.3 is 5.32 Å². The topological polar surface area (TPSA) is 46.9 Å². The summed E-state index contributed by atoms with van der Waals surface area (Å²) >= 11 is 0. The van der Waals surface area contributed by atoms with Crippen LogP contribution in [0.5, 0.6) is 0 Å². The standard InChI is InChI=1S/C20H25N3O/c1-15-11-16(2)23(22-15)14-18-9-6-10-19(12-18)21-20(24)13-17-7-4-3-5-8-17/h6-7,9-12H,3-5,8,13-14H2,1-2H3,(H,21,24). The Hall–Kier alpha value is -2.36. The number of rotatable bonds is 5. The molecular weight excluding hydrogens is 298 g/mol. The van der Waals surface area contributed by atoms with Crippen LogP contribution in [0, 0.1) is 13.8 Å². The molecule has 0 saturated heterocycles. The van der Waals surface area contributed by atoms with Crippen LogP contribution in [0.2, 0.25) is 0 Å². The Morgan fingerprint density at radius 1 is 1.25 bits per heavy atom. The van der Waals surface area contributed by atoms with Crippen LogP contribution in [-0.2, 0) is 11.3 Å². The minimum absolute atomic E-state index is 0.0754. The number of aryl methyl sites for hydroxylation is 2. The van der Waals surface area contributed by atoms with Crippen molar-refractivity contribution in [3.8, 4) is 0 Å². The van der Waals surface area contributed by atoms with Crippen LogP contribution < -0.4 is 5.32 Å². The van der Waals surface area contributed by atoms with Gasteiger partial charge in [0.25, 0.3) is 0 Å². The molecule has 4 heteroatoms. The zero-order chi connectivity index (χ0) is 16.9. The number of benzene rings is 1. The second-order valence-corrected chi connectivity index (χ2v) is 6.62. The maximum Gasteiger partial charge on any atom is 0.228 e. The first-order valence-corrected chi connectivity index (χ1v) is 8.68. The van der Waals surface area contributed by atoms with E-state index in [0.29, 0.717) is 13.0 Å². The molecule has 126 valence electrons. The van der Waals surface area contributed by atoms with Crippen molar-refractivity contribution in [2.75, 3.05) is 5.32 Å². The molecule has 1 aromatic heterocycles. The maximum atomic E-state index is 12.2. The summed E-state index contributed by atoms with van der Waals surface area (Å²) in [4.78, 5) is 12.2. The van der Waals surface area contributed by atoms with Gasteiger partial charge in [0.1, 0.15) is 0 Å². The molecule has 2 aromatic rings. The summed E-state index contributed by atoms with van der Waals surface area (Å²) in [5, 5.41) is 7.52. The maximum absolute atomic E-state index is 12.2. The van der Waals surface area contributed by atoms with E-state index in [9.17, 15) is 4.79 Å². The first-order valence-electron chi connectivity index (χ1n) is 8.68. The van der Waals surface area contributed by atoms with E-state index >= 15 is 0 Å². The molecule has 24 heavy (non-hydrogen) atoms. The highest BCUT2D eigenvalue weighted by molar-refractivity contribution is 5.92. The van der Waals surface area contributed by atoms with Gasteiger partial charge in [-0.25, -0.2) is 0 Å². The molecule has 0 spiro atoms. The van der Waals surface area contributed by atoms with Crippen LogP contribution in [-0.4, -0.2) is 15.7 Å². The monoisotopic (exact) mass is 323 g/mol. The molecule has 0 fully saturated rings. The van der Waals surface area contributed by atoms with E-state index in [1.54, 1.807) is 0 Å². The fourth-order valence-corrected chi connectivity index (χ4v) is 3.23. The van der Waals surface area contributed by atoms with Crippen LogP contribution in [0.3, 0.4) is 0 Å². The second kappa shape index (κ2) is 7.47. The lowest BCUT2D eigenvalue weighted by atomic mass is 9.97. The molecule has 0 radical (unpaired) electrons. The number of hydrogen-bond donors (Lipinski definition) is 1. The van der Waals surface area contributed by atoms with Crippen LogP contribution in [0.25, 0.3) is 0 Å². The molecule has 0 atom stereocenters. The van der Waals surface area contributed by atoms with Crippen molar-refractivity contribution < 1.29 is 4.79 Å². The molecule has 0 unspecified atom stereocenters. The Morgan fingerprint density at radius 2 is 2.12 bits per heavy atom. The van der Waals surface area contributed by atoms with Crippen molar-refractivity contribution in [1.82, 2.24) is 9.78 Å². The average Bonchev–Trinajstić information content (AvgIpc) is 2.86. The van der Waals surface area contributed by atoms with E-state index in [1.807, 2.05) is 29.8 Å². The molecular formula is C20H25N3O. The number of anilines is 1. The van der Waals surface area contributed by atoms with Crippen molar-refractivity contribution in [3.05, 3.63) is 58.9 Å². The molecule has 1 aliphatic rings. The zero-order valence-electron chi connectivity index (χ0n) is 14.5. The predicted octanol–water partition coefficient (Wildman–Crippen LogP) is 4.38. The van der Waals surface area contributed by atoms with Gasteiger partial charge in [-0.1, -0.05) is 23.8 Å². The van der Waals surface area contributed by atoms with Gasteiger partial charge in [0.15, 0.2) is 0 Å². The van der Waals surface area contributed by atoms with E-state index in [0.717, 1.165) is 35.5 Å². The third-order valence-corrected chi connectivity index (χ3v) is 4.42. The zero-order valence-corrected chi connectivity index (χ0v) is 14.5. The van der Waals surface area contributed by atoms with Gasteiger partial charge in [0.2, 0.25) is 5.91 Å². The van der Waals surface area contributed by atoms with Gasteiger partial charge in [0.05, 0.1) is 12.2 Å². The predicted molar refractivity (Wildman–Crippen MR) is 97.0 cm³/mol. The van der Waals surface area contributed by atoms with E-state index < -0.39 is 0 Å². The molecule has 1 aromatic carbocycles. The third kappa shape index (κ3) is 4.34. The fraction of sp³-hybridized carbons (Fsp3) is 0.400. The number of nitrogens with one attached hydrogen (secondary N) is 1. The quantitative estimate of drug-likeness (QED) is 0.830. The Bertz CT molecular complexity index is 758. The highest BCUT2D eigenvalue weighted by Gasteiger charge is 2.10.